The van der Waals surface area contributed by atoms with Crippen LogP contribution in [0.25, 0.3) is 0 Å². The number of thioether (sulfide) groups is 1. The van der Waals surface area contributed by atoms with E-state index in [1.165, 1.54) is 12.1 Å². The number of carbonyl (C=O) groups excluding carboxylic acids is 1. The molecule has 5 nitrogen and oxygen atoms in total. The second-order valence-corrected chi connectivity index (χ2v) is 7.07. The van der Waals surface area contributed by atoms with Gasteiger partial charge in [0.25, 0.3) is 11.6 Å². The standard InChI is InChI=1S/C13H15IN2O3S/c14-12-2-1-10(16(18)19)7-11(12)13(17)15-8-9-3-5-20-6-4-9/h1-2,7,9H,3-6,8H2,(H,15,17). The molecule has 0 bridgehead atoms. The molecule has 0 spiro atoms. The summed E-state index contributed by atoms with van der Waals surface area (Å²) in [5.41, 5.74) is 0.328. The normalized spacial score (nSPS) is 15.8. The van der Waals surface area contributed by atoms with Crippen LogP contribution in [0.15, 0.2) is 18.2 Å². The van der Waals surface area contributed by atoms with E-state index in [1.807, 2.05) is 34.4 Å². The summed E-state index contributed by atoms with van der Waals surface area (Å²) in [6.07, 6.45) is 2.24. The smallest absolute Gasteiger partial charge is 0.270 e. The number of non-ortho nitro benzene ring substituents is 1. The maximum absolute atomic E-state index is 12.1. The van der Waals surface area contributed by atoms with Gasteiger partial charge in [-0.1, -0.05) is 0 Å². The van der Waals surface area contributed by atoms with Crippen molar-refractivity contribution in [3.8, 4) is 0 Å². The van der Waals surface area contributed by atoms with Gasteiger partial charge in [0.15, 0.2) is 0 Å². The van der Waals surface area contributed by atoms with E-state index in [-0.39, 0.29) is 11.6 Å². The van der Waals surface area contributed by atoms with Gasteiger partial charge < -0.3 is 5.32 Å². The van der Waals surface area contributed by atoms with Gasteiger partial charge in [-0.2, -0.15) is 11.8 Å². The van der Waals surface area contributed by atoms with Gasteiger partial charge in [0, 0.05) is 22.2 Å². The molecule has 1 N–H and O–H groups in total. The predicted molar refractivity (Wildman–Crippen MR) is 88.2 cm³/mol. The number of hydrogen-bond donors (Lipinski definition) is 1. The highest BCUT2D eigenvalue weighted by atomic mass is 127. The van der Waals surface area contributed by atoms with Gasteiger partial charge in [-0.05, 0) is 58.9 Å². The first-order valence-corrected chi connectivity index (χ1v) is 8.61. The summed E-state index contributed by atoms with van der Waals surface area (Å²) in [6, 6.07) is 4.36. The van der Waals surface area contributed by atoms with Crippen LogP contribution in [-0.2, 0) is 0 Å². The lowest BCUT2D eigenvalue weighted by Crippen LogP contribution is -2.31. The molecule has 1 aromatic carbocycles. The minimum Gasteiger partial charge on any atom is -0.352 e. The van der Waals surface area contributed by atoms with Crippen LogP contribution < -0.4 is 5.32 Å². The number of hydrogen-bond acceptors (Lipinski definition) is 4. The second-order valence-electron chi connectivity index (χ2n) is 4.69. The van der Waals surface area contributed by atoms with Crippen molar-refractivity contribution < 1.29 is 9.72 Å². The predicted octanol–water partition coefficient (Wildman–Crippen LogP) is 3.07. The summed E-state index contributed by atoms with van der Waals surface area (Å²) in [5.74, 6) is 2.59. The topological polar surface area (TPSA) is 72.2 Å². The Hall–Kier alpha value is -0.830. The number of halogens is 1. The molecule has 0 aromatic heterocycles. The molecule has 0 saturated carbocycles. The lowest BCUT2D eigenvalue weighted by Gasteiger charge is -2.21. The molecule has 0 unspecified atom stereocenters. The fourth-order valence-corrected chi connectivity index (χ4v) is 3.87. The lowest BCUT2D eigenvalue weighted by atomic mass is 10.0. The fraction of sp³-hybridized carbons (Fsp3) is 0.462. The molecule has 108 valence electrons. The van der Waals surface area contributed by atoms with Crippen molar-refractivity contribution in [2.45, 2.75) is 12.8 Å². The summed E-state index contributed by atoms with van der Waals surface area (Å²) < 4.78 is 0.727. The molecule has 20 heavy (non-hydrogen) atoms. The molecule has 1 amide bonds. The quantitative estimate of drug-likeness (QED) is 0.474. The van der Waals surface area contributed by atoms with Gasteiger partial charge >= 0.3 is 0 Å². The van der Waals surface area contributed by atoms with Gasteiger partial charge in [-0.25, -0.2) is 0 Å². The van der Waals surface area contributed by atoms with Crippen LogP contribution in [0, 0.1) is 19.6 Å². The third-order valence-electron chi connectivity index (χ3n) is 3.30. The molecule has 2 rings (SSSR count). The van der Waals surface area contributed by atoms with Gasteiger partial charge in [0.05, 0.1) is 10.5 Å². The molecule has 1 aromatic rings. The third kappa shape index (κ3) is 4.08. The van der Waals surface area contributed by atoms with Crippen LogP contribution >= 0.6 is 34.4 Å². The Morgan fingerprint density at radius 1 is 1.45 bits per heavy atom. The Kier molecular flexibility index (Phi) is 5.64. The zero-order valence-corrected chi connectivity index (χ0v) is 13.8. The molecule has 1 heterocycles. The van der Waals surface area contributed by atoms with E-state index in [9.17, 15) is 14.9 Å². The second kappa shape index (κ2) is 7.26. The number of nitro benzene ring substituents is 1. The van der Waals surface area contributed by atoms with Crippen LogP contribution in [0.2, 0.25) is 0 Å². The van der Waals surface area contributed by atoms with Crippen LogP contribution in [0.3, 0.4) is 0 Å². The Morgan fingerprint density at radius 3 is 2.80 bits per heavy atom. The van der Waals surface area contributed by atoms with Crippen molar-refractivity contribution in [3.05, 3.63) is 37.4 Å². The van der Waals surface area contributed by atoms with Crippen molar-refractivity contribution in [1.29, 1.82) is 0 Å². The van der Waals surface area contributed by atoms with Gasteiger partial charge in [0.1, 0.15) is 0 Å². The summed E-state index contributed by atoms with van der Waals surface area (Å²) in [6.45, 7) is 0.651. The van der Waals surface area contributed by atoms with Crippen LogP contribution in [0.1, 0.15) is 23.2 Å². The molecule has 1 aliphatic heterocycles. The Bertz CT molecular complexity index is 518. The van der Waals surface area contributed by atoms with E-state index >= 15 is 0 Å². The highest BCUT2D eigenvalue weighted by Gasteiger charge is 2.18. The summed E-state index contributed by atoms with van der Waals surface area (Å²) in [4.78, 5) is 22.4. The average molecular weight is 406 g/mol. The Balaban J connectivity index is 2.00. The first-order valence-electron chi connectivity index (χ1n) is 6.38. The maximum Gasteiger partial charge on any atom is 0.270 e. The zero-order valence-electron chi connectivity index (χ0n) is 10.8. The third-order valence-corrected chi connectivity index (χ3v) is 5.29. The van der Waals surface area contributed by atoms with E-state index in [4.69, 9.17) is 0 Å². The average Bonchev–Trinajstić information content (AvgIpc) is 2.46. The number of nitrogens with zero attached hydrogens (tertiary/aromatic N) is 1. The van der Waals surface area contributed by atoms with Crippen molar-refractivity contribution in [2.75, 3.05) is 18.1 Å². The fourth-order valence-electron chi connectivity index (χ4n) is 2.08. The highest BCUT2D eigenvalue weighted by Crippen LogP contribution is 2.23. The number of rotatable bonds is 4. The van der Waals surface area contributed by atoms with Crippen LogP contribution in [-0.4, -0.2) is 28.9 Å². The van der Waals surface area contributed by atoms with E-state index < -0.39 is 4.92 Å². The van der Waals surface area contributed by atoms with E-state index in [0.717, 1.165) is 27.9 Å². The van der Waals surface area contributed by atoms with Crippen molar-refractivity contribution in [1.82, 2.24) is 5.32 Å². The van der Waals surface area contributed by atoms with Crippen LogP contribution in [0.5, 0.6) is 0 Å². The molecule has 1 fully saturated rings. The van der Waals surface area contributed by atoms with E-state index in [2.05, 4.69) is 5.32 Å². The minimum absolute atomic E-state index is 0.0513. The Labute approximate surface area is 135 Å². The number of carbonyl (C=O) groups is 1. The Morgan fingerprint density at radius 2 is 2.15 bits per heavy atom. The lowest BCUT2D eigenvalue weighted by molar-refractivity contribution is -0.384. The molecule has 0 aliphatic carbocycles. The molecule has 1 aliphatic rings. The summed E-state index contributed by atoms with van der Waals surface area (Å²) in [5, 5.41) is 13.7. The highest BCUT2D eigenvalue weighted by molar-refractivity contribution is 14.1. The van der Waals surface area contributed by atoms with Gasteiger partial charge in [0.2, 0.25) is 0 Å². The number of nitrogens with one attached hydrogen (secondary N) is 1. The summed E-state index contributed by atoms with van der Waals surface area (Å²) >= 11 is 3.97. The molecular weight excluding hydrogens is 391 g/mol. The maximum atomic E-state index is 12.1. The molecule has 0 atom stereocenters. The van der Waals surface area contributed by atoms with E-state index in [0.29, 0.717) is 18.0 Å². The minimum atomic E-state index is -0.481. The molecular formula is C13H15IN2O3S. The zero-order chi connectivity index (χ0) is 14.5. The number of amides is 1. The molecule has 0 radical (unpaired) electrons. The van der Waals surface area contributed by atoms with Gasteiger partial charge in [-0.15, -0.1) is 0 Å². The van der Waals surface area contributed by atoms with Crippen molar-refractivity contribution in [2.24, 2.45) is 5.92 Å². The molecule has 7 heteroatoms. The van der Waals surface area contributed by atoms with Crippen molar-refractivity contribution in [3.63, 3.8) is 0 Å². The monoisotopic (exact) mass is 406 g/mol. The SMILES string of the molecule is O=C(NCC1CCSCC1)c1cc([N+](=O)[O-])ccc1I. The number of benzene rings is 1. The first kappa shape index (κ1) is 15.6. The number of nitro groups is 1. The van der Waals surface area contributed by atoms with Crippen LogP contribution in [0.4, 0.5) is 5.69 Å². The summed E-state index contributed by atoms with van der Waals surface area (Å²) in [7, 11) is 0. The van der Waals surface area contributed by atoms with Crippen molar-refractivity contribution >= 4 is 45.9 Å². The molecule has 1 saturated heterocycles. The first-order chi connectivity index (χ1) is 9.58. The van der Waals surface area contributed by atoms with Gasteiger partial charge in [-0.3, -0.25) is 14.9 Å². The largest absolute Gasteiger partial charge is 0.352 e. The van der Waals surface area contributed by atoms with E-state index in [1.54, 1.807) is 6.07 Å².